The lowest BCUT2D eigenvalue weighted by atomic mass is 10.1. The van der Waals surface area contributed by atoms with E-state index in [1.54, 1.807) is 0 Å². The van der Waals surface area contributed by atoms with Gasteiger partial charge in [0.1, 0.15) is 0 Å². The molecule has 0 heterocycles. The van der Waals surface area contributed by atoms with Crippen LogP contribution in [-0.2, 0) is 0 Å². The molecule has 0 saturated heterocycles. The van der Waals surface area contributed by atoms with Gasteiger partial charge >= 0.3 is 6.03 Å². The lowest BCUT2D eigenvalue weighted by Crippen LogP contribution is -2.42. The first-order chi connectivity index (χ1) is 11.5. The molecule has 0 fully saturated rings. The van der Waals surface area contributed by atoms with E-state index in [0.717, 1.165) is 22.1 Å². The summed E-state index contributed by atoms with van der Waals surface area (Å²) in [6, 6.07) is 17.6. The Morgan fingerprint density at radius 3 is 2.29 bits per heavy atom. The Kier molecular flexibility index (Phi) is 6.82. The summed E-state index contributed by atoms with van der Waals surface area (Å²) in [5.41, 5.74) is 2.14. The van der Waals surface area contributed by atoms with Gasteiger partial charge in [0.2, 0.25) is 0 Å². The van der Waals surface area contributed by atoms with Gasteiger partial charge in [-0.1, -0.05) is 64.5 Å². The zero-order chi connectivity index (χ0) is 17.5. The molecule has 0 spiro atoms. The fraction of sp³-hybridized carbons (Fsp3) is 0.316. The number of nitrogens with one attached hydrogen (secondary N) is 2. The fourth-order valence-corrected chi connectivity index (χ4v) is 3.21. The van der Waals surface area contributed by atoms with Crippen molar-refractivity contribution in [1.82, 2.24) is 15.5 Å². The van der Waals surface area contributed by atoms with Crippen LogP contribution in [0.2, 0.25) is 0 Å². The largest absolute Gasteiger partial charge is 0.332 e. The summed E-state index contributed by atoms with van der Waals surface area (Å²) in [6.07, 6.45) is 0. The summed E-state index contributed by atoms with van der Waals surface area (Å²) >= 11 is 3.53. The van der Waals surface area contributed by atoms with Crippen molar-refractivity contribution in [2.24, 2.45) is 0 Å². The summed E-state index contributed by atoms with van der Waals surface area (Å²) in [5, 5.41) is 6.09. The Hall–Kier alpha value is -1.85. The molecule has 128 valence electrons. The lowest BCUT2D eigenvalue weighted by Gasteiger charge is -2.24. The summed E-state index contributed by atoms with van der Waals surface area (Å²) in [6.45, 7) is 2.71. The van der Waals surface area contributed by atoms with Gasteiger partial charge in [0.05, 0.1) is 12.1 Å². The third kappa shape index (κ3) is 5.35. The van der Waals surface area contributed by atoms with Crippen molar-refractivity contribution in [2.75, 3.05) is 20.6 Å². The van der Waals surface area contributed by atoms with Crippen LogP contribution in [0.5, 0.6) is 0 Å². The smallest absolute Gasteiger partial charge is 0.315 e. The quantitative estimate of drug-likeness (QED) is 0.780. The van der Waals surface area contributed by atoms with E-state index in [4.69, 9.17) is 0 Å². The number of carbonyl (C=O) groups excluding carboxylic acids is 1. The first-order valence-corrected chi connectivity index (χ1v) is 8.78. The SMILES string of the molecule is CC(NC(=O)NC(CN(C)C)c1ccccc1)c1ccccc1Br. The molecule has 0 aliphatic rings. The topological polar surface area (TPSA) is 44.4 Å². The number of benzene rings is 2. The minimum absolute atomic E-state index is 0.0624. The second kappa shape index (κ2) is 8.85. The van der Waals surface area contributed by atoms with Crippen LogP contribution < -0.4 is 10.6 Å². The molecule has 0 saturated carbocycles. The summed E-state index contributed by atoms with van der Waals surface area (Å²) < 4.78 is 0.991. The molecule has 0 radical (unpaired) electrons. The zero-order valence-corrected chi connectivity index (χ0v) is 15.9. The Morgan fingerprint density at radius 2 is 1.67 bits per heavy atom. The van der Waals surface area contributed by atoms with Crippen molar-refractivity contribution >= 4 is 22.0 Å². The van der Waals surface area contributed by atoms with Crippen molar-refractivity contribution in [3.05, 3.63) is 70.2 Å². The maximum absolute atomic E-state index is 12.4. The van der Waals surface area contributed by atoms with Crippen LogP contribution >= 0.6 is 15.9 Å². The highest BCUT2D eigenvalue weighted by Crippen LogP contribution is 2.22. The lowest BCUT2D eigenvalue weighted by molar-refractivity contribution is 0.230. The number of rotatable bonds is 6. The van der Waals surface area contributed by atoms with Crippen LogP contribution in [0.25, 0.3) is 0 Å². The van der Waals surface area contributed by atoms with E-state index < -0.39 is 0 Å². The van der Waals surface area contributed by atoms with Gasteiger partial charge in [-0.2, -0.15) is 0 Å². The third-order valence-electron chi connectivity index (χ3n) is 3.77. The number of likely N-dealkylation sites (N-methyl/N-ethyl adjacent to an activating group) is 1. The van der Waals surface area contributed by atoms with Crippen molar-refractivity contribution in [2.45, 2.75) is 19.0 Å². The minimum atomic E-state index is -0.172. The molecule has 0 aliphatic carbocycles. The molecule has 2 amide bonds. The Balaban J connectivity index is 2.04. The molecule has 4 nitrogen and oxygen atoms in total. The monoisotopic (exact) mass is 389 g/mol. The molecule has 0 bridgehead atoms. The average Bonchev–Trinajstić information content (AvgIpc) is 2.55. The normalized spacial score (nSPS) is 13.4. The van der Waals surface area contributed by atoms with Crippen LogP contribution in [-0.4, -0.2) is 31.6 Å². The number of carbonyl (C=O) groups is 1. The van der Waals surface area contributed by atoms with E-state index in [0.29, 0.717) is 0 Å². The predicted octanol–water partition coefficient (Wildman–Crippen LogP) is 4.11. The van der Waals surface area contributed by atoms with Gasteiger partial charge in [-0.05, 0) is 38.2 Å². The Bertz CT molecular complexity index is 661. The van der Waals surface area contributed by atoms with Gasteiger partial charge in [0.25, 0.3) is 0 Å². The van der Waals surface area contributed by atoms with Crippen molar-refractivity contribution in [3.8, 4) is 0 Å². The maximum Gasteiger partial charge on any atom is 0.315 e. The van der Waals surface area contributed by atoms with Gasteiger partial charge in [-0.15, -0.1) is 0 Å². The Morgan fingerprint density at radius 1 is 1.04 bits per heavy atom. The average molecular weight is 390 g/mol. The molecule has 2 aromatic carbocycles. The first kappa shape index (κ1) is 18.5. The van der Waals surface area contributed by atoms with Crippen LogP contribution in [0.1, 0.15) is 30.1 Å². The van der Waals surface area contributed by atoms with Gasteiger partial charge in [0, 0.05) is 11.0 Å². The number of urea groups is 1. The molecule has 2 unspecified atom stereocenters. The van der Waals surface area contributed by atoms with Gasteiger partial charge in [-0.3, -0.25) is 0 Å². The van der Waals surface area contributed by atoms with Crippen molar-refractivity contribution < 1.29 is 4.79 Å². The van der Waals surface area contributed by atoms with E-state index in [-0.39, 0.29) is 18.1 Å². The molecule has 0 aromatic heterocycles. The predicted molar refractivity (Wildman–Crippen MR) is 102 cm³/mol. The molecule has 2 N–H and O–H groups in total. The number of amides is 2. The molecule has 2 rings (SSSR count). The van der Waals surface area contributed by atoms with Gasteiger partial charge < -0.3 is 15.5 Å². The van der Waals surface area contributed by atoms with E-state index in [1.165, 1.54) is 0 Å². The fourth-order valence-electron chi connectivity index (χ4n) is 2.59. The number of halogens is 1. The van der Waals surface area contributed by atoms with Crippen LogP contribution in [0, 0.1) is 0 Å². The highest BCUT2D eigenvalue weighted by atomic mass is 79.9. The molecule has 2 atom stereocenters. The summed E-state index contributed by atoms with van der Waals surface area (Å²) in [4.78, 5) is 14.5. The highest BCUT2D eigenvalue weighted by molar-refractivity contribution is 9.10. The van der Waals surface area contributed by atoms with Crippen molar-refractivity contribution in [3.63, 3.8) is 0 Å². The van der Waals surface area contributed by atoms with E-state index >= 15 is 0 Å². The second-order valence-electron chi connectivity index (χ2n) is 6.09. The first-order valence-electron chi connectivity index (χ1n) is 7.98. The minimum Gasteiger partial charge on any atom is -0.332 e. The number of hydrogen-bond acceptors (Lipinski definition) is 2. The Labute approximate surface area is 152 Å². The van der Waals surface area contributed by atoms with Crippen molar-refractivity contribution in [1.29, 1.82) is 0 Å². The van der Waals surface area contributed by atoms with Crippen LogP contribution in [0.3, 0.4) is 0 Å². The van der Waals surface area contributed by atoms with Crippen LogP contribution in [0.15, 0.2) is 59.1 Å². The molecular formula is C19H24BrN3O. The highest BCUT2D eigenvalue weighted by Gasteiger charge is 2.17. The molecule has 0 aliphatic heterocycles. The molecule has 24 heavy (non-hydrogen) atoms. The zero-order valence-electron chi connectivity index (χ0n) is 14.3. The second-order valence-corrected chi connectivity index (χ2v) is 6.94. The van der Waals surface area contributed by atoms with Gasteiger partial charge in [-0.25, -0.2) is 4.79 Å². The molecule has 5 heteroatoms. The number of hydrogen-bond donors (Lipinski definition) is 2. The molecular weight excluding hydrogens is 366 g/mol. The summed E-state index contributed by atoms with van der Waals surface area (Å²) in [7, 11) is 4.00. The van der Waals surface area contributed by atoms with Gasteiger partial charge in [0.15, 0.2) is 0 Å². The third-order valence-corrected chi connectivity index (χ3v) is 4.50. The maximum atomic E-state index is 12.4. The van der Waals surface area contributed by atoms with E-state index in [9.17, 15) is 4.79 Å². The number of nitrogens with zero attached hydrogens (tertiary/aromatic N) is 1. The van der Waals surface area contributed by atoms with E-state index in [2.05, 4.69) is 31.5 Å². The van der Waals surface area contributed by atoms with Crippen LogP contribution in [0.4, 0.5) is 4.79 Å². The van der Waals surface area contributed by atoms with E-state index in [1.807, 2.05) is 75.6 Å². The summed E-state index contributed by atoms with van der Waals surface area (Å²) in [5.74, 6) is 0. The standard InChI is InChI=1S/C19H24BrN3O/c1-14(16-11-7-8-12-17(16)20)21-19(24)22-18(13-23(2)3)15-9-5-4-6-10-15/h4-12,14,18H,13H2,1-3H3,(H2,21,22,24). The molecule has 2 aromatic rings.